The van der Waals surface area contributed by atoms with Gasteiger partial charge >= 0.3 is 5.97 Å². The fourth-order valence-electron chi connectivity index (χ4n) is 2.77. The Labute approximate surface area is 184 Å². The second-order valence-corrected chi connectivity index (χ2v) is 6.56. The Balaban J connectivity index is 1.62. The normalized spacial score (nSPS) is 10.6. The molecule has 164 valence electrons. The third kappa shape index (κ3) is 5.82. The summed E-state index contributed by atoms with van der Waals surface area (Å²) in [6, 6.07) is 18.3. The molecular weight excluding hydrogens is 414 g/mol. The largest absolute Gasteiger partial charge is 0.493 e. The first-order chi connectivity index (χ1) is 15.5. The second-order valence-electron chi connectivity index (χ2n) is 6.56. The predicted molar refractivity (Wildman–Crippen MR) is 119 cm³/mol. The lowest BCUT2D eigenvalue weighted by Gasteiger charge is -2.11. The number of ether oxygens (including phenoxy) is 3. The molecule has 0 radical (unpaired) electrons. The first-order valence-electron chi connectivity index (χ1n) is 9.52. The minimum atomic E-state index is -0.466. The molecule has 0 saturated heterocycles. The van der Waals surface area contributed by atoms with Crippen LogP contribution in [0.5, 0.6) is 11.5 Å². The van der Waals surface area contributed by atoms with E-state index in [4.69, 9.17) is 9.47 Å². The molecule has 3 aromatic carbocycles. The molecule has 9 nitrogen and oxygen atoms in total. The highest BCUT2D eigenvalue weighted by molar-refractivity contribution is 5.89. The molecule has 3 rings (SSSR count). The van der Waals surface area contributed by atoms with Gasteiger partial charge < -0.3 is 14.2 Å². The summed E-state index contributed by atoms with van der Waals surface area (Å²) < 4.78 is 15.9. The monoisotopic (exact) mass is 435 g/mol. The molecule has 0 aliphatic heterocycles. The zero-order valence-electron chi connectivity index (χ0n) is 17.5. The van der Waals surface area contributed by atoms with Crippen LogP contribution in [0, 0.1) is 10.1 Å². The summed E-state index contributed by atoms with van der Waals surface area (Å²) in [5, 5.41) is 15.0. The van der Waals surface area contributed by atoms with Gasteiger partial charge in [0.2, 0.25) is 0 Å². The number of nitro benzene ring substituents is 1. The second kappa shape index (κ2) is 10.6. The average Bonchev–Trinajstić information content (AvgIpc) is 2.83. The van der Waals surface area contributed by atoms with E-state index in [1.165, 1.54) is 26.4 Å². The van der Waals surface area contributed by atoms with Gasteiger partial charge in [0.25, 0.3) is 5.69 Å². The molecular formula is C23H21N3O6. The number of methoxy groups -OCH3 is 2. The molecule has 0 saturated carbocycles. The topological polar surface area (TPSA) is 112 Å². The van der Waals surface area contributed by atoms with Crippen molar-refractivity contribution in [1.29, 1.82) is 0 Å². The number of esters is 1. The van der Waals surface area contributed by atoms with Gasteiger partial charge in [-0.1, -0.05) is 18.2 Å². The fourth-order valence-corrected chi connectivity index (χ4v) is 2.77. The maximum absolute atomic E-state index is 11.5. The van der Waals surface area contributed by atoms with Gasteiger partial charge in [-0.3, -0.25) is 15.5 Å². The number of non-ortho nitro benzene ring substituents is 1. The summed E-state index contributed by atoms with van der Waals surface area (Å²) in [5.41, 5.74) is 5.34. The average molecular weight is 435 g/mol. The highest BCUT2D eigenvalue weighted by atomic mass is 16.6. The highest BCUT2D eigenvalue weighted by Crippen LogP contribution is 2.28. The number of nitrogens with zero attached hydrogens (tertiary/aromatic N) is 2. The maximum atomic E-state index is 11.5. The van der Waals surface area contributed by atoms with Gasteiger partial charge in [0.1, 0.15) is 6.61 Å². The van der Waals surface area contributed by atoms with Crippen LogP contribution >= 0.6 is 0 Å². The molecule has 9 heteroatoms. The lowest BCUT2D eigenvalue weighted by atomic mass is 10.1. The van der Waals surface area contributed by atoms with E-state index in [2.05, 4.69) is 15.3 Å². The Kier molecular flexibility index (Phi) is 7.37. The minimum Gasteiger partial charge on any atom is -0.493 e. The summed E-state index contributed by atoms with van der Waals surface area (Å²) >= 11 is 0. The molecule has 0 aliphatic carbocycles. The van der Waals surface area contributed by atoms with Gasteiger partial charge in [0, 0.05) is 12.1 Å². The third-order valence-corrected chi connectivity index (χ3v) is 4.42. The van der Waals surface area contributed by atoms with E-state index < -0.39 is 10.9 Å². The number of carbonyl (C=O) groups excluding carboxylic acids is 1. The summed E-state index contributed by atoms with van der Waals surface area (Å²) in [7, 11) is 2.87. The van der Waals surface area contributed by atoms with Gasteiger partial charge in [-0.2, -0.15) is 5.10 Å². The Bertz CT molecular complexity index is 1130. The SMILES string of the molecule is COC(=O)c1ccc(COc2ccc(/C=N/Nc3cccc([N+](=O)[O-])c3)cc2OC)cc1. The van der Waals surface area contributed by atoms with Gasteiger partial charge in [-0.15, -0.1) is 0 Å². The third-order valence-electron chi connectivity index (χ3n) is 4.42. The zero-order valence-corrected chi connectivity index (χ0v) is 17.5. The van der Waals surface area contributed by atoms with Crippen molar-refractivity contribution in [2.24, 2.45) is 5.10 Å². The standard InChI is InChI=1S/C23H21N3O6/c1-30-22-12-17(14-24-25-19-4-3-5-20(13-19)26(28)29)8-11-21(22)32-15-16-6-9-18(10-7-16)23(27)31-2/h3-14,25H,15H2,1-2H3/b24-14+. The first-order valence-corrected chi connectivity index (χ1v) is 9.52. The number of hydrogen-bond donors (Lipinski definition) is 1. The summed E-state index contributed by atoms with van der Waals surface area (Å²) in [5.74, 6) is 0.681. The Hall–Kier alpha value is -4.40. The van der Waals surface area contributed by atoms with Crippen LogP contribution in [0.25, 0.3) is 0 Å². The van der Waals surface area contributed by atoms with Crippen molar-refractivity contribution in [2.75, 3.05) is 19.6 Å². The first kappa shape index (κ1) is 22.3. The van der Waals surface area contributed by atoms with E-state index in [0.29, 0.717) is 29.4 Å². The van der Waals surface area contributed by atoms with Crippen LogP contribution in [0.15, 0.2) is 71.8 Å². The molecule has 0 fully saturated rings. The van der Waals surface area contributed by atoms with Crippen LogP contribution in [-0.2, 0) is 11.3 Å². The van der Waals surface area contributed by atoms with Crippen molar-refractivity contribution < 1.29 is 23.9 Å². The van der Waals surface area contributed by atoms with Crippen LogP contribution in [0.2, 0.25) is 0 Å². The van der Waals surface area contributed by atoms with E-state index in [-0.39, 0.29) is 5.69 Å². The minimum absolute atomic E-state index is 0.0201. The van der Waals surface area contributed by atoms with Crippen molar-refractivity contribution in [3.63, 3.8) is 0 Å². The lowest BCUT2D eigenvalue weighted by Crippen LogP contribution is -2.02. The van der Waals surface area contributed by atoms with E-state index in [1.807, 2.05) is 0 Å². The van der Waals surface area contributed by atoms with Gasteiger partial charge in [0.05, 0.1) is 36.6 Å². The van der Waals surface area contributed by atoms with Gasteiger partial charge in [-0.05, 0) is 47.5 Å². The van der Waals surface area contributed by atoms with E-state index in [9.17, 15) is 14.9 Å². The van der Waals surface area contributed by atoms with Crippen LogP contribution < -0.4 is 14.9 Å². The highest BCUT2D eigenvalue weighted by Gasteiger charge is 2.08. The Morgan fingerprint density at radius 3 is 2.53 bits per heavy atom. The summed E-state index contributed by atoms with van der Waals surface area (Å²) in [6.45, 7) is 0.291. The molecule has 0 amide bonds. The van der Waals surface area contributed by atoms with Gasteiger partial charge in [-0.25, -0.2) is 4.79 Å². The van der Waals surface area contributed by atoms with Gasteiger partial charge in [0.15, 0.2) is 11.5 Å². The van der Waals surface area contributed by atoms with Crippen LogP contribution in [0.1, 0.15) is 21.5 Å². The van der Waals surface area contributed by atoms with Crippen molar-refractivity contribution in [3.8, 4) is 11.5 Å². The molecule has 0 atom stereocenters. The van der Waals surface area contributed by atoms with Crippen molar-refractivity contribution >= 4 is 23.6 Å². The van der Waals surface area contributed by atoms with E-state index in [1.54, 1.807) is 60.8 Å². The van der Waals surface area contributed by atoms with Crippen molar-refractivity contribution in [2.45, 2.75) is 6.61 Å². The Morgan fingerprint density at radius 1 is 1.06 bits per heavy atom. The lowest BCUT2D eigenvalue weighted by molar-refractivity contribution is -0.384. The molecule has 0 spiro atoms. The molecule has 3 aromatic rings. The number of nitrogens with one attached hydrogen (secondary N) is 1. The smallest absolute Gasteiger partial charge is 0.337 e. The summed E-state index contributed by atoms with van der Waals surface area (Å²) in [6.07, 6.45) is 1.57. The number of nitro groups is 1. The Morgan fingerprint density at radius 2 is 1.84 bits per heavy atom. The number of anilines is 1. The molecule has 0 heterocycles. The molecule has 0 aromatic heterocycles. The summed E-state index contributed by atoms with van der Waals surface area (Å²) in [4.78, 5) is 21.9. The van der Waals surface area contributed by atoms with Crippen molar-refractivity contribution in [3.05, 3.63) is 93.5 Å². The number of carbonyl (C=O) groups is 1. The van der Waals surface area contributed by atoms with Crippen molar-refractivity contribution in [1.82, 2.24) is 0 Å². The predicted octanol–water partition coefficient (Wildman–Crippen LogP) is 4.42. The number of rotatable bonds is 9. The van der Waals surface area contributed by atoms with Crippen LogP contribution in [0.3, 0.4) is 0 Å². The molecule has 0 bridgehead atoms. The number of hydrogen-bond acceptors (Lipinski definition) is 8. The zero-order chi connectivity index (χ0) is 22.9. The molecule has 32 heavy (non-hydrogen) atoms. The van der Waals surface area contributed by atoms with Crippen LogP contribution in [0.4, 0.5) is 11.4 Å². The molecule has 0 aliphatic rings. The molecule has 1 N–H and O–H groups in total. The quantitative estimate of drug-likeness (QED) is 0.229. The van der Waals surface area contributed by atoms with E-state index in [0.717, 1.165) is 11.1 Å². The maximum Gasteiger partial charge on any atom is 0.337 e. The van der Waals surface area contributed by atoms with Crippen LogP contribution in [-0.4, -0.2) is 31.3 Å². The van der Waals surface area contributed by atoms with E-state index >= 15 is 0 Å². The fraction of sp³-hybridized carbons (Fsp3) is 0.130. The number of benzene rings is 3. The number of hydrazone groups is 1. The molecule has 0 unspecified atom stereocenters.